The van der Waals surface area contributed by atoms with Gasteiger partial charge in [-0.1, -0.05) is 33.3 Å². The van der Waals surface area contributed by atoms with Gasteiger partial charge in [0.15, 0.2) is 0 Å². The van der Waals surface area contributed by atoms with E-state index in [-0.39, 0.29) is 0 Å². The Bertz CT molecular complexity index is 435. The number of ether oxygens (including phenoxy) is 1. The monoisotopic (exact) mass is 308 g/mol. The molecule has 0 bridgehead atoms. The van der Waals surface area contributed by atoms with Gasteiger partial charge < -0.3 is 20.5 Å². The molecule has 0 amide bonds. The van der Waals surface area contributed by atoms with E-state index in [1.807, 2.05) is 18.2 Å². The second-order valence-corrected chi connectivity index (χ2v) is 6.46. The molecule has 1 rings (SSSR count). The molecule has 3 N–H and O–H groups in total. The molecular formula is C18H32N2O2. The van der Waals surface area contributed by atoms with Crippen LogP contribution in [0.25, 0.3) is 0 Å². The summed E-state index contributed by atoms with van der Waals surface area (Å²) in [5.74, 6) is 1.16. The summed E-state index contributed by atoms with van der Waals surface area (Å²) < 4.78 is 5.66. The maximum atomic E-state index is 10.3. The van der Waals surface area contributed by atoms with Crippen molar-refractivity contribution in [1.29, 1.82) is 0 Å². The van der Waals surface area contributed by atoms with Crippen LogP contribution in [-0.4, -0.2) is 36.8 Å². The van der Waals surface area contributed by atoms with Gasteiger partial charge in [0.1, 0.15) is 5.75 Å². The summed E-state index contributed by atoms with van der Waals surface area (Å²) in [6.07, 6.45) is 2.62. The predicted molar refractivity (Wildman–Crippen MR) is 93.2 cm³/mol. The fraction of sp³-hybridized carbons (Fsp3) is 0.667. The number of hydrogen-bond acceptors (Lipinski definition) is 4. The minimum Gasteiger partial charge on any atom is -0.491 e. The van der Waals surface area contributed by atoms with Crippen LogP contribution in [0.2, 0.25) is 0 Å². The van der Waals surface area contributed by atoms with Crippen LogP contribution in [0.3, 0.4) is 0 Å². The van der Waals surface area contributed by atoms with Gasteiger partial charge in [0, 0.05) is 6.54 Å². The molecule has 22 heavy (non-hydrogen) atoms. The Kier molecular flexibility index (Phi) is 8.28. The normalized spacial score (nSPS) is 12.9. The van der Waals surface area contributed by atoms with Crippen LogP contribution in [0.15, 0.2) is 18.2 Å². The van der Waals surface area contributed by atoms with E-state index in [4.69, 9.17) is 10.5 Å². The summed E-state index contributed by atoms with van der Waals surface area (Å²) in [6.45, 7) is 9.00. The fourth-order valence-electron chi connectivity index (χ4n) is 2.21. The zero-order chi connectivity index (χ0) is 16.5. The summed E-state index contributed by atoms with van der Waals surface area (Å²) in [4.78, 5) is 2.26. The highest BCUT2D eigenvalue weighted by atomic mass is 16.5. The van der Waals surface area contributed by atoms with Gasteiger partial charge in [0.05, 0.1) is 18.4 Å². The third-order valence-electron chi connectivity index (χ3n) is 3.67. The molecular weight excluding hydrogens is 276 g/mol. The molecule has 0 heterocycles. The molecule has 0 fully saturated rings. The van der Waals surface area contributed by atoms with Crippen LogP contribution in [-0.2, 0) is 0 Å². The number of aliphatic hydroxyl groups excluding tert-OH is 1. The minimum atomic E-state index is -0.481. The molecule has 0 aliphatic rings. The number of anilines is 1. The third-order valence-corrected chi connectivity index (χ3v) is 3.67. The molecule has 0 aliphatic heterocycles. The maximum absolute atomic E-state index is 10.3. The quantitative estimate of drug-likeness (QED) is 0.650. The average molecular weight is 308 g/mol. The zero-order valence-electron chi connectivity index (χ0n) is 14.5. The van der Waals surface area contributed by atoms with Crippen LogP contribution in [0.1, 0.15) is 51.7 Å². The Morgan fingerprint density at radius 1 is 1.27 bits per heavy atom. The van der Waals surface area contributed by atoms with Crippen LogP contribution < -0.4 is 10.5 Å². The molecule has 0 radical (unpaired) electrons. The van der Waals surface area contributed by atoms with E-state index in [2.05, 4.69) is 32.7 Å². The van der Waals surface area contributed by atoms with Gasteiger partial charge >= 0.3 is 0 Å². The standard InChI is InChI=1S/C18H32N2O2/c1-5-6-10-20(4)11-9-17(21)15-7-8-18(16(19)12-15)22-13-14(2)3/h7-8,12,14,17,21H,5-6,9-11,13,19H2,1-4H3. The summed E-state index contributed by atoms with van der Waals surface area (Å²) in [7, 11) is 2.10. The third kappa shape index (κ3) is 6.67. The van der Waals surface area contributed by atoms with E-state index in [9.17, 15) is 5.11 Å². The molecule has 0 saturated heterocycles. The average Bonchev–Trinajstić information content (AvgIpc) is 2.49. The van der Waals surface area contributed by atoms with Crippen molar-refractivity contribution < 1.29 is 9.84 Å². The first-order valence-electron chi connectivity index (χ1n) is 8.32. The van der Waals surface area contributed by atoms with Gasteiger partial charge in [-0.2, -0.15) is 0 Å². The van der Waals surface area contributed by atoms with Gasteiger partial charge in [-0.15, -0.1) is 0 Å². The summed E-state index contributed by atoms with van der Waals surface area (Å²) >= 11 is 0. The van der Waals surface area contributed by atoms with E-state index in [1.54, 1.807) is 0 Å². The van der Waals surface area contributed by atoms with E-state index in [0.717, 1.165) is 18.7 Å². The molecule has 1 unspecified atom stereocenters. The molecule has 4 heteroatoms. The SMILES string of the molecule is CCCCN(C)CCC(O)c1ccc(OCC(C)C)c(N)c1. The number of benzene rings is 1. The van der Waals surface area contributed by atoms with Gasteiger partial charge in [-0.05, 0) is 50.0 Å². The number of rotatable bonds is 10. The van der Waals surface area contributed by atoms with Crippen molar-refractivity contribution >= 4 is 5.69 Å². The fourth-order valence-corrected chi connectivity index (χ4v) is 2.21. The van der Waals surface area contributed by atoms with Crippen molar-refractivity contribution in [2.75, 3.05) is 32.5 Å². The molecule has 126 valence electrons. The van der Waals surface area contributed by atoms with Gasteiger partial charge in [0.25, 0.3) is 0 Å². The smallest absolute Gasteiger partial charge is 0.142 e. The second-order valence-electron chi connectivity index (χ2n) is 6.46. The number of aliphatic hydroxyl groups is 1. The maximum Gasteiger partial charge on any atom is 0.142 e. The summed E-state index contributed by atoms with van der Waals surface area (Å²) in [5, 5.41) is 10.3. The summed E-state index contributed by atoms with van der Waals surface area (Å²) in [5.41, 5.74) is 7.47. The highest BCUT2D eigenvalue weighted by Gasteiger charge is 2.11. The highest BCUT2D eigenvalue weighted by Crippen LogP contribution is 2.27. The Hall–Kier alpha value is -1.26. The van der Waals surface area contributed by atoms with E-state index in [1.165, 1.54) is 12.8 Å². The van der Waals surface area contributed by atoms with Gasteiger partial charge in [-0.3, -0.25) is 0 Å². The van der Waals surface area contributed by atoms with E-state index < -0.39 is 6.10 Å². The number of nitrogens with two attached hydrogens (primary N) is 1. The number of unbranched alkanes of at least 4 members (excludes halogenated alkanes) is 1. The van der Waals surface area contributed by atoms with Crippen LogP contribution in [0.4, 0.5) is 5.69 Å². The van der Waals surface area contributed by atoms with Crippen molar-refractivity contribution in [3.05, 3.63) is 23.8 Å². The zero-order valence-corrected chi connectivity index (χ0v) is 14.5. The van der Waals surface area contributed by atoms with E-state index in [0.29, 0.717) is 30.4 Å². The lowest BCUT2D eigenvalue weighted by molar-refractivity contribution is 0.148. The second kappa shape index (κ2) is 9.70. The Morgan fingerprint density at radius 2 is 2.00 bits per heavy atom. The molecule has 0 spiro atoms. The molecule has 0 aliphatic carbocycles. The first-order valence-corrected chi connectivity index (χ1v) is 8.32. The van der Waals surface area contributed by atoms with Crippen molar-refractivity contribution in [3.63, 3.8) is 0 Å². The Morgan fingerprint density at radius 3 is 2.59 bits per heavy atom. The van der Waals surface area contributed by atoms with Crippen LogP contribution in [0.5, 0.6) is 5.75 Å². The largest absolute Gasteiger partial charge is 0.491 e. The molecule has 1 aromatic rings. The Balaban J connectivity index is 2.52. The Labute approximate surface area is 135 Å². The van der Waals surface area contributed by atoms with Crippen molar-refractivity contribution in [2.45, 2.75) is 46.1 Å². The lowest BCUT2D eigenvalue weighted by Gasteiger charge is -2.19. The van der Waals surface area contributed by atoms with Gasteiger partial charge in [0.2, 0.25) is 0 Å². The molecule has 0 aromatic heterocycles. The lowest BCUT2D eigenvalue weighted by Crippen LogP contribution is -2.22. The first-order chi connectivity index (χ1) is 10.4. The number of hydrogen-bond donors (Lipinski definition) is 2. The molecule has 4 nitrogen and oxygen atoms in total. The van der Waals surface area contributed by atoms with Gasteiger partial charge in [-0.25, -0.2) is 0 Å². The number of nitrogen functional groups attached to an aromatic ring is 1. The van der Waals surface area contributed by atoms with Crippen molar-refractivity contribution in [1.82, 2.24) is 4.90 Å². The minimum absolute atomic E-state index is 0.461. The topological polar surface area (TPSA) is 58.7 Å². The molecule has 1 aromatic carbocycles. The first kappa shape index (κ1) is 18.8. The van der Waals surface area contributed by atoms with E-state index >= 15 is 0 Å². The van der Waals surface area contributed by atoms with Crippen molar-refractivity contribution in [3.8, 4) is 5.75 Å². The lowest BCUT2D eigenvalue weighted by atomic mass is 10.1. The predicted octanol–water partition coefficient (Wildman–Crippen LogP) is 3.46. The molecule has 0 saturated carbocycles. The van der Waals surface area contributed by atoms with Crippen LogP contribution in [0, 0.1) is 5.92 Å². The van der Waals surface area contributed by atoms with Crippen molar-refractivity contribution in [2.24, 2.45) is 5.92 Å². The summed E-state index contributed by atoms with van der Waals surface area (Å²) in [6, 6.07) is 5.59. The highest BCUT2D eigenvalue weighted by molar-refractivity contribution is 5.54. The molecule has 1 atom stereocenters. The number of nitrogens with zero attached hydrogens (tertiary/aromatic N) is 1. The van der Waals surface area contributed by atoms with Crippen LogP contribution >= 0.6 is 0 Å².